The van der Waals surface area contributed by atoms with Crippen molar-refractivity contribution in [3.05, 3.63) is 29.8 Å². The first-order valence-electron chi connectivity index (χ1n) is 8.11. The van der Waals surface area contributed by atoms with E-state index in [0.717, 1.165) is 31.6 Å². The third kappa shape index (κ3) is 6.06. The Morgan fingerprint density at radius 1 is 1.19 bits per heavy atom. The molecule has 1 atom stereocenters. The Bertz CT molecular complexity index is 387. The molecule has 1 aromatic carbocycles. The predicted octanol–water partition coefficient (Wildman–Crippen LogP) is 3.50. The van der Waals surface area contributed by atoms with Crippen LogP contribution in [0.25, 0.3) is 0 Å². The van der Waals surface area contributed by atoms with Gasteiger partial charge in [0.2, 0.25) is 0 Å². The van der Waals surface area contributed by atoms with E-state index in [-0.39, 0.29) is 18.1 Å². The summed E-state index contributed by atoms with van der Waals surface area (Å²) in [6.07, 6.45) is 2.93. The summed E-state index contributed by atoms with van der Waals surface area (Å²) in [7, 11) is 0. The van der Waals surface area contributed by atoms with Crippen molar-refractivity contribution in [2.75, 3.05) is 19.8 Å². The zero-order valence-electron chi connectivity index (χ0n) is 14.0. The maximum atomic E-state index is 9.09. The Balaban J connectivity index is 2.54. The Kier molecular flexibility index (Phi) is 7.76. The van der Waals surface area contributed by atoms with E-state index in [1.54, 1.807) is 0 Å². The molecular formula is C18H31NO2. The van der Waals surface area contributed by atoms with E-state index >= 15 is 0 Å². The minimum absolute atomic E-state index is 0.189. The van der Waals surface area contributed by atoms with Crippen molar-refractivity contribution in [1.29, 1.82) is 0 Å². The van der Waals surface area contributed by atoms with Crippen LogP contribution in [0.1, 0.15) is 52.5 Å². The lowest BCUT2D eigenvalue weighted by Crippen LogP contribution is -2.36. The van der Waals surface area contributed by atoms with E-state index in [1.807, 2.05) is 12.1 Å². The van der Waals surface area contributed by atoms with Crippen LogP contribution in [0.5, 0.6) is 5.75 Å². The number of ether oxygens (including phenoxy) is 1. The Morgan fingerprint density at radius 3 is 2.38 bits per heavy atom. The van der Waals surface area contributed by atoms with Gasteiger partial charge >= 0.3 is 0 Å². The molecule has 0 aliphatic rings. The van der Waals surface area contributed by atoms with Crippen molar-refractivity contribution >= 4 is 0 Å². The fraction of sp³-hybridized carbons (Fsp3) is 0.667. The van der Waals surface area contributed by atoms with Crippen LogP contribution < -0.4 is 10.1 Å². The fourth-order valence-corrected chi connectivity index (χ4v) is 2.15. The van der Waals surface area contributed by atoms with Crippen LogP contribution in [0.15, 0.2) is 24.3 Å². The van der Waals surface area contributed by atoms with Crippen LogP contribution >= 0.6 is 0 Å². The van der Waals surface area contributed by atoms with Crippen molar-refractivity contribution < 1.29 is 9.84 Å². The highest BCUT2D eigenvalue weighted by Crippen LogP contribution is 2.28. The summed E-state index contributed by atoms with van der Waals surface area (Å²) >= 11 is 0. The van der Waals surface area contributed by atoms with Gasteiger partial charge in [-0.1, -0.05) is 39.8 Å². The number of aliphatic hydroxyl groups is 1. The molecular weight excluding hydrogens is 262 g/mol. The maximum Gasteiger partial charge on any atom is 0.119 e. The van der Waals surface area contributed by atoms with Gasteiger partial charge in [0.25, 0.3) is 0 Å². The van der Waals surface area contributed by atoms with Gasteiger partial charge in [0, 0.05) is 12.6 Å². The molecule has 0 aliphatic carbocycles. The molecule has 0 heterocycles. The van der Waals surface area contributed by atoms with Crippen LogP contribution in [-0.4, -0.2) is 30.9 Å². The van der Waals surface area contributed by atoms with Gasteiger partial charge in [0.15, 0.2) is 0 Å². The second kappa shape index (κ2) is 9.06. The van der Waals surface area contributed by atoms with Gasteiger partial charge in [-0.2, -0.15) is 0 Å². The molecule has 0 bridgehead atoms. The number of benzene rings is 1. The van der Waals surface area contributed by atoms with Gasteiger partial charge in [-0.3, -0.25) is 0 Å². The van der Waals surface area contributed by atoms with Crippen molar-refractivity contribution in [2.45, 2.75) is 58.4 Å². The molecule has 0 spiro atoms. The topological polar surface area (TPSA) is 41.5 Å². The Hall–Kier alpha value is -1.06. The normalized spacial score (nSPS) is 13.2. The summed E-state index contributed by atoms with van der Waals surface area (Å²) in [6.45, 7) is 10.6. The van der Waals surface area contributed by atoms with Crippen LogP contribution in [0, 0.1) is 0 Å². The largest absolute Gasteiger partial charge is 0.492 e. The molecule has 0 aliphatic heterocycles. The van der Waals surface area contributed by atoms with Crippen molar-refractivity contribution in [1.82, 2.24) is 5.32 Å². The fourth-order valence-electron chi connectivity index (χ4n) is 2.15. The number of hydrogen-bond acceptors (Lipinski definition) is 3. The Morgan fingerprint density at radius 2 is 1.86 bits per heavy atom. The Labute approximate surface area is 129 Å². The molecule has 3 heteroatoms. The zero-order chi connectivity index (χ0) is 15.7. The summed E-state index contributed by atoms with van der Waals surface area (Å²) in [5.74, 6) is 0.895. The second-order valence-electron chi connectivity index (χ2n) is 6.24. The van der Waals surface area contributed by atoms with Crippen molar-refractivity contribution in [3.63, 3.8) is 0 Å². The monoisotopic (exact) mass is 293 g/mol. The SMILES string of the molecule is CCCNC(CCO)COc1ccc(C(C)(C)CC)cc1. The minimum Gasteiger partial charge on any atom is -0.492 e. The maximum absolute atomic E-state index is 9.09. The molecule has 0 fully saturated rings. The number of aliphatic hydroxyl groups excluding tert-OH is 1. The molecule has 2 N–H and O–H groups in total. The van der Waals surface area contributed by atoms with E-state index < -0.39 is 0 Å². The standard InChI is InChI=1S/C18H31NO2/c1-5-12-19-16(11-13-20)14-21-17-9-7-15(8-10-17)18(3,4)6-2/h7-10,16,19-20H,5-6,11-14H2,1-4H3. The molecule has 0 amide bonds. The lowest BCUT2D eigenvalue weighted by atomic mass is 9.82. The van der Waals surface area contributed by atoms with Crippen LogP contribution in [0.2, 0.25) is 0 Å². The molecule has 3 nitrogen and oxygen atoms in total. The van der Waals surface area contributed by atoms with E-state index in [2.05, 4.69) is 45.1 Å². The average Bonchev–Trinajstić information content (AvgIpc) is 2.50. The van der Waals surface area contributed by atoms with Gasteiger partial charge in [0.1, 0.15) is 12.4 Å². The quantitative estimate of drug-likeness (QED) is 0.693. The number of rotatable bonds is 10. The molecule has 1 unspecified atom stereocenters. The molecule has 0 radical (unpaired) electrons. The van der Waals surface area contributed by atoms with E-state index in [0.29, 0.717) is 6.61 Å². The van der Waals surface area contributed by atoms with Crippen LogP contribution in [0.4, 0.5) is 0 Å². The molecule has 21 heavy (non-hydrogen) atoms. The number of hydrogen-bond donors (Lipinski definition) is 2. The molecule has 0 aromatic heterocycles. The van der Waals surface area contributed by atoms with E-state index in [9.17, 15) is 0 Å². The van der Waals surface area contributed by atoms with E-state index in [1.165, 1.54) is 5.56 Å². The number of nitrogens with one attached hydrogen (secondary N) is 1. The molecule has 1 rings (SSSR count). The van der Waals surface area contributed by atoms with E-state index in [4.69, 9.17) is 9.84 Å². The predicted molar refractivity (Wildman–Crippen MR) is 89.0 cm³/mol. The molecule has 120 valence electrons. The lowest BCUT2D eigenvalue weighted by molar-refractivity contribution is 0.214. The van der Waals surface area contributed by atoms with Gasteiger partial charge in [-0.25, -0.2) is 0 Å². The minimum atomic E-state index is 0.189. The third-order valence-corrected chi connectivity index (χ3v) is 4.13. The molecule has 1 aromatic rings. The van der Waals surface area contributed by atoms with Crippen LogP contribution in [0.3, 0.4) is 0 Å². The molecule has 0 saturated heterocycles. The average molecular weight is 293 g/mol. The van der Waals surface area contributed by atoms with Gasteiger partial charge in [0.05, 0.1) is 0 Å². The summed E-state index contributed by atoms with van der Waals surface area (Å²) in [6, 6.07) is 8.60. The van der Waals surface area contributed by atoms with Crippen LogP contribution in [-0.2, 0) is 5.41 Å². The summed E-state index contributed by atoms with van der Waals surface area (Å²) in [5, 5.41) is 12.5. The lowest BCUT2D eigenvalue weighted by Gasteiger charge is -2.23. The first-order valence-corrected chi connectivity index (χ1v) is 8.11. The summed E-state index contributed by atoms with van der Waals surface area (Å²) in [4.78, 5) is 0. The summed E-state index contributed by atoms with van der Waals surface area (Å²) < 4.78 is 5.85. The first kappa shape index (κ1) is 18.0. The van der Waals surface area contributed by atoms with Gasteiger partial charge in [-0.15, -0.1) is 0 Å². The van der Waals surface area contributed by atoms with Gasteiger partial charge < -0.3 is 15.2 Å². The summed E-state index contributed by atoms with van der Waals surface area (Å²) in [5.41, 5.74) is 1.55. The zero-order valence-corrected chi connectivity index (χ0v) is 14.0. The molecule has 0 saturated carbocycles. The smallest absolute Gasteiger partial charge is 0.119 e. The highest BCUT2D eigenvalue weighted by atomic mass is 16.5. The third-order valence-electron chi connectivity index (χ3n) is 4.13. The highest BCUT2D eigenvalue weighted by molar-refractivity contribution is 5.31. The highest BCUT2D eigenvalue weighted by Gasteiger charge is 2.17. The second-order valence-corrected chi connectivity index (χ2v) is 6.24. The first-order chi connectivity index (χ1) is 10.0. The van der Waals surface area contributed by atoms with Crippen molar-refractivity contribution in [3.8, 4) is 5.75 Å². The van der Waals surface area contributed by atoms with Crippen molar-refractivity contribution in [2.24, 2.45) is 0 Å². The van der Waals surface area contributed by atoms with Gasteiger partial charge in [-0.05, 0) is 48.9 Å².